The molecule has 1 atom stereocenters. The molecular weight excluding hydrogens is 454 g/mol. The molecule has 0 aliphatic rings. The molecule has 3 rings (SSSR count). The van der Waals surface area contributed by atoms with Crippen LogP contribution in [0.3, 0.4) is 0 Å². The fourth-order valence-corrected chi connectivity index (χ4v) is 4.16. The zero-order chi connectivity index (χ0) is 24.7. The highest BCUT2D eigenvalue weighted by Crippen LogP contribution is 2.29. The van der Waals surface area contributed by atoms with E-state index >= 15 is 0 Å². The van der Waals surface area contributed by atoms with Gasteiger partial charge in [0.25, 0.3) is 0 Å². The van der Waals surface area contributed by atoms with Crippen LogP contribution in [-0.4, -0.2) is 29.6 Å². The molecule has 0 bridgehead atoms. The van der Waals surface area contributed by atoms with E-state index in [1.54, 1.807) is 0 Å². The fourth-order valence-electron chi connectivity index (χ4n) is 3.46. The van der Waals surface area contributed by atoms with E-state index < -0.39 is 0 Å². The van der Waals surface area contributed by atoms with Gasteiger partial charge in [-0.25, -0.2) is 4.99 Å². The number of benzene rings is 2. The molecule has 35 heavy (non-hydrogen) atoms. The molecule has 0 N–H and O–H groups in total. The molecule has 0 radical (unpaired) electrons. The smallest absolute Gasteiger partial charge is 0.231 e. The Balaban J connectivity index is 1.43. The van der Waals surface area contributed by atoms with Gasteiger partial charge in [0.1, 0.15) is 16.5 Å². The highest BCUT2D eigenvalue weighted by molar-refractivity contribution is 7.18. The quantitative estimate of drug-likeness (QED) is 0.148. The zero-order valence-corrected chi connectivity index (χ0v) is 22.2. The van der Waals surface area contributed by atoms with Crippen LogP contribution in [0.4, 0.5) is 5.13 Å². The number of aliphatic imine (C=N–C) groups is 1. The number of hydrogen-bond acceptors (Lipinski definition) is 6. The lowest BCUT2D eigenvalue weighted by Gasteiger charge is -2.10. The predicted octanol–water partition coefficient (Wildman–Crippen LogP) is 8.51. The van der Waals surface area contributed by atoms with Gasteiger partial charge in [-0.3, -0.25) is 0 Å². The number of unbranched alkanes of at least 4 members (excludes halogenated alkanes) is 6. The minimum atomic E-state index is 0.557. The molecule has 0 unspecified atom stereocenters. The first kappa shape index (κ1) is 26.9. The molecule has 3 aromatic rings. The molecule has 0 fully saturated rings. The van der Waals surface area contributed by atoms with E-state index in [0.29, 0.717) is 11.0 Å². The Kier molecular flexibility index (Phi) is 11.7. The van der Waals surface area contributed by atoms with Crippen molar-refractivity contribution >= 4 is 22.7 Å². The summed E-state index contributed by atoms with van der Waals surface area (Å²) in [4.78, 5) is 4.49. The van der Waals surface area contributed by atoms with Crippen molar-refractivity contribution in [2.75, 3.05) is 13.2 Å². The van der Waals surface area contributed by atoms with Gasteiger partial charge in [-0.1, -0.05) is 77.1 Å². The third kappa shape index (κ3) is 9.81. The van der Waals surface area contributed by atoms with Crippen molar-refractivity contribution in [2.45, 2.75) is 72.1 Å². The fraction of sp³-hybridized carbons (Fsp3) is 0.483. The van der Waals surface area contributed by atoms with Crippen LogP contribution in [0, 0.1) is 5.92 Å². The summed E-state index contributed by atoms with van der Waals surface area (Å²) in [5, 5.41) is 10.0. The normalized spacial score (nSPS) is 12.2. The summed E-state index contributed by atoms with van der Waals surface area (Å²) in [6.45, 7) is 8.13. The second kappa shape index (κ2) is 15.3. The van der Waals surface area contributed by atoms with Gasteiger partial charge in [-0.05, 0) is 66.4 Å². The third-order valence-electron chi connectivity index (χ3n) is 5.97. The van der Waals surface area contributed by atoms with Crippen molar-refractivity contribution in [2.24, 2.45) is 10.9 Å². The Labute approximate surface area is 214 Å². The van der Waals surface area contributed by atoms with Gasteiger partial charge in [0, 0.05) is 11.8 Å². The number of nitrogens with zero attached hydrogens (tertiary/aromatic N) is 3. The van der Waals surface area contributed by atoms with Gasteiger partial charge in [-0.15, -0.1) is 10.2 Å². The van der Waals surface area contributed by atoms with Crippen molar-refractivity contribution in [3.05, 3.63) is 54.1 Å². The van der Waals surface area contributed by atoms with Crippen molar-refractivity contribution in [3.8, 4) is 22.1 Å². The lowest BCUT2D eigenvalue weighted by Crippen LogP contribution is -2.07. The van der Waals surface area contributed by atoms with E-state index in [9.17, 15) is 0 Å². The molecule has 0 spiro atoms. The molecule has 1 heterocycles. The van der Waals surface area contributed by atoms with Crippen molar-refractivity contribution in [1.82, 2.24) is 10.2 Å². The SMILES string of the molecule is CCCCCCCCCOc1ccc(-c2nnc(/N=C/c3ccc(OC[C@@H](C)CC)cc3)s2)cc1. The molecule has 0 saturated heterocycles. The van der Waals surface area contributed by atoms with Crippen LogP contribution in [0.5, 0.6) is 11.5 Å². The number of hydrogen-bond donors (Lipinski definition) is 0. The Hall–Kier alpha value is -2.73. The molecule has 5 nitrogen and oxygen atoms in total. The van der Waals surface area contributed by atoms with Gasteiger partial charge in [0.2, 0.25) is 5.13 Å². The van der Waals surface area contributed by atoms with E-state index in [-0.39, 0.29) is 0 Å². The lowest BCUT2D eigenvalue weighted by molar-refractivity contribution is 0.256. The van der Waals surface area contributed by atoms with E-state index in [1.165, 1.54) is 49.9 Å². The molecular formula is C29H39N3O2S. The number of ether oxygens (including phenoxy) is 2. The molecule has 0 aliphatic carbocycles. The maximum Gasteiger partial charge on any atom is 0.231 e. The number of rotatable bonds is 16. The first-order valence-electron chi connectivity index (χ1n) is 13.0. The van der Waals surface area contributed by atoms with Crippen LogP contribution in [-0.2, 0) is 0 Å². The molecule has 188 valence electrons. The van der Waals surface area contributed by atoms with Crippen molar-refractivity contribution in [3.63, 3.8) is 0 Å². The summed E-state index contributed by atoms with van der Waals surface area (Å²) in [5.74, 6) is 2.34. The Morgan fingerprint density at radius 3 is 2.20 bits per heavy atom. The van der Waals surface area contributed by atoms with Crippen molar-refractivity contribution < 1.29 is 9.47 Å². The summed E-state index contributed by atoms with van der Waals surface area (Å²) in [6.07, 6.45) is 11.9. The van der Waals surface area contributed by atoms with Crippen LogP contribution < -0.4 is 9.47 Å². The van der Waals surface area contributed by atoms with Gasteiger partial charge >= 0.3 is 0 Å². The molecule has 1 aromatic heterocycles. The zero-order valence-electron chi connectivity index (χ0n) is 21.4. The molecule has 2 aromatic carbocycles. The largest absolute Gasteiger partial charge is 0.494 e. The molecule has 6 heteroatoms. The second-order valence-electron chi connectivity index (χ2n) is 9.04. The van der Waals surface area contributed by atoms with Crippen LogP contribution in [0.2, 0.25) is 0 Å². The maximum absolute atomic E-state index is 5.89. The van der Waals surface area contributed by atoms with E-state index in [4.69, 9.17) is 9.47 Å². The maximum atomic E-state index is 5.89. The third-order valence-corrected chi connectivity index (χ3v) is 6.85. The second-order valence-corrected chi connectivity index (χ2v) is 9.99. The van der Waals surface area contributed by atoms with Crippen LogP contribution in [0.25, 0.3) is 10.6 Å². The minimum Gasteiger partial charge on any atom is -0.494 e. The van der Waals surface area contributed by atoms with E-state index in [1.807, 2.05) is 54.7 Å². The van der Waals surface area contributed by atoms with Crippen LogP contribution in [0.15, 0.2) is 53.5 Å². The minimum absolute atomic E-state index is 0.557. The lowest BCUT2D eigenvalue weighted by atomic mass is 10.1. The van der Waals surface area contributed by atoms with Crippen LogP contribution >= 0.6 is 11.3 Å². The molecule has 0 saturated carbocycles. The number of aromatic nitrogens is 2. The monoisotopic (exact) mass is 493 g/mol. The summed E-state index contributed by atoms with van der Waals surface area (Å²) >= 11 is 1.47. The summed E-state index contributed by atoms with van der Waals surface area (Å²) in [6, 6.07) is 16.0. The predicted molar refractivity (Wildman–Crippen MR) is 147 cm³/mol. The highest BCUT2D eigenvalue weighted by atomic mass is 32.1. The summed E-state index contributed by atoms with van der Waals surface area (Å²) in [7, 11) is 0. The van der Waals surface area contributed by atoms with Gasteiger partial charge in [0.05, 0.1) is 13.2 Å². The average molecular weight is 494 g/mol. The van der Waals surface area contributed by atoms with Gasteiger partial charge < -0.3 is 9.47 Å². The topological polar surface area (TPSA) is 56.6 Å². The standard InChI is InChI=1S/C29H39N3O2S/c1-4-6-7-8-9-10-11-20-33-26-18-14-25(15-19-26)28-31-32-29(35-28)30-21-24-12-16-27(17-13-24)34-22-23(3)5-2/h12-19,21,23H,4-11,20,22H2,1-3H3/b30-21+/t23-/m0/s1. The summed E-state index contributed by atoms with van der Waals surface area (Å²) in [5.41, 5.74) is 2.02. The van der Waals surface area contributed by atoms with Gasteiger partial charge in [-0.2, -0.15) is 0 Å². The highest BCUT2D eigenvalue weighted by Gasteiger charge is 2.06. The Morgan fingerprint density at radius 2 is 1.49 bits per heavy atom. The Morgan fingerprint density at radius 1 is 0.829 bits per heavy atom. The average Bonchev–Trinajstić information content (AvgIpc) is 3.37. The first-order valence-corrected chi connectivity index (χ1v) is 13.8. The van der Waals surface area contributed by atoms with Crippen LogP contribution in [0.1, 0.15) is 77.7 Å². The Bertz CT molecular complexity index is 1000. The van der Waals surface area contributed by atoms with E-state index in [0.717, 1.165) is 53.7 Å². The summed E-state index contributed by atoms with van der Waals surface area (Å²) < 4.78 is 11.7. The molecule has 0 amide bonds. The van der Waals surface area contributed by atoms with Gasteiger partial charge in [0.15, 0.2) is 0 Å². The van der Waals surface area contributed by atoms with E-state index in [2.05, 4.69) is 36.0 Å². The van der Waals surface area contributed by atoms with Crippen molar-refractivity contribution in [1.29, 1.82) is 0 Å². The first-order chi connectivity index (χ1) is 17.2. The molecule has 0 aliphatic heterocycles.